The molecule has 3 rings (SSSR count). The summed E-state index contributed by atoms with van der Waals surface area (Å²) in [5.41, 5.74) is 1.02. The van der Waals surface area contributed by atoms with Gasteiger partial charge in [0, 0.05) is 23.6 Å². The minimum Gasteiger partial charge on any atom is -0.423 e. The van der Waals surface area contributed by atoms with E-state index in [-0.39, 0.29) is 11.3 Å². The molecule has 0 unspecified atom stereocenters. The van der Waals surface area contributed by atoms with Gasteiger partial charge in [-0.15, -0.1) is 0 Å². The van der Waals surface area contributed by atoms with Gasteiger partial charge in [0.1, 0.15) is 11.3 Å². The molecule has 0 atom stereocenters. The number of rotatable bonds is 6. The van der Waals surface area contributed by atoms with Gasteiger partial charge in [-0.25, -0.2) is 4.79 Å². The monoisotopic (exact) mass is 417 g/mol. The second-order valence-electron chi connectivity index (χ2n) is 6.70. The normalized spacial score (nSPS) is 11.6. The average Bonchev–Trinajstić information content (AvgIpc) is 2.62. The Kier molecular flexibility index (Phi) is 5.43. The molecule has 8 nitrogen and oxygen atoms in total. The molecule has 0 aliphatic heterocycles. The van der Waals surface area contributed by atoms with Gasteiger partial charge in [0.25, 0.3) is 5.69 Å². The maximum absolute atomic E-state index is 12.7. The molecule has 0 N–H and O–H groups in total. The van der Waals surface area contributed by atoms with E-state index in [0.717, 1.165) is 12.0 Å². The van der Waals surface area contributed by atoms with E-state index in [1.807, 2.05) is 6.92 Å². The second-order valence-corrected chi connectivity index (χ2v) is 8.21. The van der Waals surface area contributed by atoms with Gasteiger partial charge in [-0.05, 0) is 55.2 Å². The van der Waals surface area contributed by atoms with Crippen molar-refractivity contribution in [2.45, 2.75) is 38.5 Å². The van der Waals surface area contributed by atoms with Crippen LogP contribution in [0, 0.1) is 24.0 Å². The molecular formula is C20H19NO7S. The Morgan fingerprint density at radius 2 is 1.79 bits per heavy atom. The Balaban J connectivity index is 2.08. The highest BCUT2D eigenvalue weighted by molar-refractivity contribution is 7.87. The predicted octanol–water partition coefficient (Wildman–Crippen LogP) is 4.04. The maximum Gasteiger partial charge on any atom is 0.346 e. The molecule has 2 aromatic carbocycles. The van der Waals surface area contributed by atoms with Crippen molar-refractivity contribution in [1.82, 2.24) is 0 Å². The number of hydrogen-bond acceptors (Lipinski definition) is 7. The van der Waals surface area contributed by atoms with Crippen LogP contribution in [0.1, 0.15) is 30.0 Å². The molecule has 1 heterocycles. The van der Waals surface area contributed by atoms with Crippen molar-refractivity contribution in [3.63, 3.8) is 0 Å². The summed E-state index contributed by atoms with van der Waals surface area (Å²) in [5, 5.41) is 12.0. The van der Waals surface area contributed by atoms with Crippen molar-refractivity contribution in [1.29, 1.82) is 0 Å². The minimum atomic E-state index is -4.49. The van der Waals surface area contributed by atoms with Gasteiger partial charge < -0.3 is 8.60 Å². The molecule has 9 heteroatoms. The first-order valence-electron chi connectivity index (χ1n) is 8.89. The van der Waals surface area contributed by atoms with E-state index in [0.29, 0.717) is 22.9 Å². The van der Waals surface area contributed by atoms with Gasteiger partial charge in [0.05, 0.1) is 4.92 Å². The molecule has 29 heavy (non-hydrogen) atoms. The number of hydrogen-bond donors (Lipinski definition) is 0. The molecular weight excluding hydrogens is 398 g/mol. The lowest BCUT2D eigenvalue weighted by atomic mass is 10.1. The van der Waals surface area contributed by atoms with Crippen LogP contribution >= 0.6 is 0 Å². The lowest BCUT2D eigenvalue weighted by Crippen LogP contribution is -2.13. The summed E-state index contributed by atoms with van der Waals surface area (Å²) in [6, 6.07) is 8.13. The number of nitro benzene ring substituents is 1. The van der Waals surface area contributed by atoms with Crippen LogP contribution in [0.25, 0.3) is 11.0 Å². The smallest absolute Gasteiger partial charge is 0.346 e. The van der Waals surface area contributed by atoms with Crippen molar-refractivity contribution in [3.8, 4) is 5.75 Å². The van der Waals surface area contributed by atoms with E-state index < -0.39 is 31.2 Å². The zero-order valence-corrected chi connectivity index (χ0v) is 16.9. The highest BCUT2D eigenvalue weighted by Crippen LogP contribution is 2.31. The molecule has 152 valence electrons. The van der Waals surface area contributed by atoms with E-state index in [1.165, 1.54) is 30.3 Å². The van der Waals surface area contributed by atoms with Crippen LogP contribution in [0.15, 0.2) is 50.5 Å². The number of nitrogens with zero attached hydrogens (tertiary/aromatic N) is 1. The molecule has 0 aliphatic rings. The third kappa shape index (κ3) is 4.14. The summed E-state index contributed by atoms with van der Waals surface area (Å²) in [6.07, 6.45) is 1.48. The van der Waals surface area contributed by atoms with E-state index in [2.05, 4.69) is 0 Å². The van der Waals surface area contributed by atoms with Crippen molar-refractivity contribution in [3.05, 3.63) is 73.6 Å². The largest absolute Gasteiger partial charge is 0.423 e. The van der Waals surface area contributed by atoms with Crippen molar-refractivity contribution < 1.29 is 21.9 Å². The summed E-state index contributed by atoms with van der Waals surface area (Å²) in [4.78, 5) is 21.8. The highest BCUT2D eigenvalue weighted by Gasteiger charge is 2.29. The molecule has 0 saturated heterocycles. The first-order chi connectivity index (χ1) is 13.6. The van der Waals surface area contributed by atoms with E-state index >= 15 is 0 Å². The summed E-state index contributed by atoms with van der Waals surface area (Å²) < 4.78 is 35.8. The predicted molar refractivity (Wildman–Crippen MR) is 107 cm³/mol. The molecule has 0 fully saturated rings. The Bertz CT molecular complexity index is 1280. The Labute approximate surface area is 167 Å². The fourth-order valence-electron chi connectivity index (χ4n) is 3.03. The Morgan fingerprint density at radius 3 is 2.45 bits per heavy atom. The van der Waals surface area contributed by atoms with Gasteiger partial charge in [-0.3, -0.25) is 10.1 Å². The molecule has 3 aromatic rings. The number of aryl methyl sites for hydroxylation is 3. The van der Waals surface area contributed by atoms with Crippen LogP contribution in [0.4, 0.5) is 5.69 Å². The average molecular weight is 417 g/mol. The third-order valence-corrected chi connectivity index (χ3v) is 5.85. The maximum atomic E-state index is 12.7. The van der Waals surface area contributed by atoms with Crippen LogP contribution in [0.5, 0.6) is 5.75 Å². The standard InChI is InChI=1S/C20H19NO7S/c1-4-5-14-10-20(22)27-18-11-15(6-7-16(14)18)28-29(25,26)19-9-13(3)12(2)8-17(19)21(23)24/h6-11H,4-5H2,1-3H3. The summed E-state index contributed by atoms with van der Waals surface area (Å²) in [7, 11) is -4.49. The Hall–Kier alpha value is -3.20. The zero-order chi connectivity index (χ0) is 21.3. The minimum absolute atomic E-state index is 0.109. The van der Waals surface area contributed by atoms with Crippen molar-refractivity contribution >= 4 is 26.8 Å². The quantitative estimate of drug-likeness (QED) is 0.257. The van der Waals surface area contributed by atoms with Crippen molar-refractivity contribution in [2.75, 3.05) is 0 Å². The SMILES string of the molecule is CCCc1cc(=O)oc2cc(OS(=O)(=O)c3cc(C)c(C)cc3[N+](=O)[O-])ccc12. The zero-order valence-electron chi connectivity index (χ0n) is 16.1. The summed E-state index contributed by atoms with van der Waals surface area (Å²) >= 11 is 0. The molecule has 0 aliphatic carbocycles. The third-order valence-electron chi connectivity index (χ3n) is 4.57. The van der Waals surface area contributed by atoms with Crippen LogP contribution in [-0.4, -0.2) is 13.3 Å². The second kappa shape index (κ2) is 7.67. The van der Waals surface area contributed by atoms with Crippen LogP contribution < -0.4 is 9.81 Å². The van der Waals surface area contributed by atoms with E-state index in [1.54, 1.807) is 19.9 Å². The van der Waals surface area contributed by atoms with Gasteiger partial charge in [0.15, 0.2) is 4.90 Å². The molecule has 0 bridgehead atoms. The highest BCUT2D eigenvalue weighted by atomic mass is 32.2. The lowest BCUT2D eigenvalue weighted by molar-refractivity contribution is -0.387. The molecule has 0 amide bonds. The van der Waals surface area contributed by atoms with Gasteiger partial charge >= 0.3 is 15.7 Å². The van der Waals surface area contributed by atoms with Crippen LogP contribution in [0.3, 0.4) is 0 Å². The van der Waals surface area contributed by atoms with Gasteiger partial charge in [-0.2, -0.15) is 8.42 Å². The van der Waals surface area contributed by atoms with E-state index in [9.17, 15) is 23.3 Å². The van der Waals surface area contributed by atoms with Gasteiger partial charge in [0.2, 0.25) is 0 Å². The first kappa shape index (κ1) is 20.5. The molecule has 0 radical (unpaired) electrons. The molecule has 0 spiro atoms. The fourth-order valence-corrected chi connectivity index (χ4v) is 4.18. The van der Waals surface area contributed by atoms with Crippen LogP contribution in [-0.2, 0) is 16.5 Å². The van der Waals surface area contributed by atoms with E-state index in [4.69, 9.17) is 8.60 Å². The van der Waals surface area contributed by atoms with Crippen LogP contribution in [0.2, 0.25) is 0 Å². The fraction of sp³-hybridized carbons (Fsp3) is 0.250. The number of fused-ring (bicyclic) bond motifs is 1. The lowest BCUT2D eigenvalue weighted by Gasteiger charge is -2.10. The molecule has 1 aromatic heterocycles. The first-order valence-corrected chi connectivity index (χ1v) is 10.3. The summed E-state index contributed by atoms with van der Waals surface area (Å²) in [6.45, 7) is 5.28. The number of nitro groups is 1. The molecule has 0 saturated carbocycles. The number of benzene rings is 2. The van der Waals surface area contributed by atoms with Gasteiger partial charge in [-0.1, -0.05) is 13.3 Å². The summed E-state index contributed by atoms with van der Waals surface area (Å²) in [5.74, 6) is -0.109. The topological polar surface area (TPSA) is 117 Å². The Morgan fingerprint density at radius 1 is 1.10 bits per heavy atom. The van der Waals surface area contributed by atoms with Crippen molar-refractivity contribution in [2.24, 2.45) is 0 Å².